The molecule has 0 aromatic carbocycles. The molecule has 1 heterocycles. The zero-order valence-electron chi connectivity index (χ0n) is 10.1. The highest BCUT2D eigenvalue weighted by Gasteiger charge is 2.25. The molecule has 0 spiro atoms. The van der Waals surface area contributed by atoms with E-state index in [-0.39, 0.29) is 0 Å². The summed E-state index contributed by atoms with van der Waals surface area (Å²) >= 11 is 0. The second kappa shape index (κ2) is 5.05. The van der Waals surface area contributed by atoms with E-state index in [4.69, 9.17) is 11.0 Å². The Kier molecular flexibility index (Phi) is 3.48. The van der Waals surface area contributed by atoms with Crippen LogP contribution in [0.15, 0.2) is 12.3 Å². The summed E-state index contributed by atoms with van der Waals surface area (Å²) in [6.45, 7) is 2.16. The summed E-state index contributed by atoms with van der Waals surface area (Å²) in [7, 11) is 0. The molecule has 0 aliphatic heterocycles. The molecule has 90 valence electrons. The van der Waals surface area contributed by atoms with Gasteiger partial charge in [0.2, 0.25) is 0 Å². The standard InChI is InChI=1S/C13H18N4/c1-2-11(7-9-3-4-9)17-13-12(15)10(8-14)5-6-16-13/h5-6,9,11H,2-4,7,15H2,1H3,(H,16,17). The number of pyridine rings is 1. The van der Waals surface area contributed by atoms with Gasteiger partial charge in [0.15, 0.2) is 5.82 Å². The molecule has 1 aliphatic carbocycles. The first-order valence-electron chi connectivity index (χ1n) is 6.15. The van der Waals surface area contributed by atoms with Crippen LogP contribution in [-0.2, 0) is 0 Å². The molecule has 3 N–H and O–H groups in total. The SMILES string of the molecule is CCC(CC1CC1)Nc1nccc(C#N)c1N. The van der Waals surface area contributed by atoms with Gasteiger partial charge in [0.25, 0.3) is 0 Å². The van der Waals surface area contributed by atoms with Crippen LogP contribution in [-0.4, -0.2) is 11.0 Å². The fourth-order valence-corrected chi connectivity index (χ4v) is 1.96. The number of rotatable bonds is 5. The van der Waals surface area contributed by atoms with E-state index in [2.05, 4.69) is 23.3 Å². The van der Waals surface area contributed by atoms with E-state index < -0.39 is 0 Å². The molecular weight excluding hydrogens is 212 g/mol. The fourth-order valence-electron chi connectivity index (χ4n) is 1.96. The molecule has 0 radical (unpaired) electrons. The van der Waals surface area contributed by atoms with Gasteiger partial charge in [0.05, 0.1) is 11.3 Å². The smallest absolute Gasteiger partial charge is 0.150 e. The van der Waals surface area contributed by atoms with Crippen LogP contribution >= 0.6 is 0 Å². The Morgan fingerprint density at radius 1 is 1.65 bits per heavy atom. The molecule has 0 amide bonds. The highest BCUT2D eigenvalue weighted by molar-refractivity contribution is 5.69. The van der Waals surface area contributed by atoms with Crippen molar-refractivity contribution in [2.24, 2.45) is 5.92 Å². The quantitative estimate of drug-likeness (QED) is 0.815. The lowest BCUT2D eigenvalue weighted by Crippen LogP contribution is -2.21. The molecule has 1 aromatic rings. The highest BCUT2D eigenvalue weighted by Crippen LogP contribution is 2.35. The Morgan fingerprint density at radius 3 is 3.00 bits per heavy atom. The maximum absolute atomic E-state index is 8.90. The zero-order valence-corrected chi connectivity index (χ0v) is 10.1. The Labute approximate surface area is 102 Å². The van der Waals surface area contributed by atoms with Crippen molar-refractivity contribution in [1.29, 1.82) is 5.26 Å². The molecule has 0 saturated heterocycles. The largest absolute Gasteiger partial charge is 0.395 e. The van der Waals surface area contributed by atoms with Gasteiger partial charge in [-0.15, -0.1) is 0 Å². The van der Waals surface area contributed by atoms with Crippen LogP contribution in [0.4, 0.5) is 11.5 Å². The molecule has 1 aromatic heterocycles. The predicted octanol–water partition coefficient (Wildman–Crippen LogP) is 2.53. The number of hydrogen-bond acceptors (Lipinski definition) is 4. The minimum Gasteiger partial charge on any atom is -0.395 e. The van der Waals surface area contributed by atoms with E-state index in [1.807, 2.05) is 0 Å². The zero-order chi connectivity index (χ0) is 12.3. The number of nitrogens with zero attached hydrogens (tertiary/aromatic N) is 2. The third kappa shape index (κ3) is 2.88. The third-order valence-corrected chi connectivity index (χ3v) is 3.26. The molecule has 1 fully saturated rings. The number of nitrogen functional groups attached to an aromatic ring is 1. The molecule has 0 bridgehead atoms. The average Bonchev–Trinajstić information content (AvgIpc) is 3.14. The second-order valence-corrected chi connectivity index (χ2v) is 4.66. The summed E-state index contributed by atoms with van der Waals surface area (Å²) in [5, 5.41) is 12.3. The van der Waals surface area contributed by atoms with Crippen LogP contribution in [0.1, 0.15) is 38.2 Å². The van der Waals surface area contributed by atoms with E-state index in [9.17, 15) is 0 Å². The lowest BCUT2D eigenvalue weighted by Gasteiger charge is -2.18. The van der Waals surface area contributed by atoms with Crippen molar-refractivity contribution in [3.8, 4) is 6.07 Å². The number of anilines is 2. The van der Waals surface area contributed by atoms with Gasteiger partial charge < -0.3 is 11.1 Å². The summed E-state index contributed by atoms with van der Waals surface area (Å²) in [5.74, 6) is 1.52. The van der Waals surface area contributed by atoms with Crippen LogP contribution in [0, 0.1) is 17.2 Å². The van der Waals surface area contributed by atoms with Crippen molar-refractivity contribution < 1.29 is 0 Å². The van der Waals surface area contributed by atoms with Crippen LogP contribution < -0.4 is 11.1 Å². The first kappa shape index (κ1) is 11.7. The maximum atomic E-state index is 8.90. The summed E-state index contributed by atoms with van der Waals surface area (Å²) in [5.41, 5.74) is 6.85. The van der Waals surface area contributed by atoms with Crippen LogP contribution in [0.25, 0.3) is 0 Å². The predicted molar refractivity (Wildman–Crippen MR) is 68.4 cm³/mol. The van der Waals surface area contributed by atoms with E-state index >= 15 is 0 Å². The Bertz CT molecular complexity index is 432. The molecular formula is C13H18N4. The maximum Gasteiger partial charge on any atom is 0.150 e. The van der Waals surface area contributed by atoms with Gasteiger partial charge in [-0.3, -0.25) is 0 Å². The van der Waals surface area contributed by atoms with Gasteiger partial charge in [-0.1, -0.05) is 19.8 Å². The number of aromatic nitrogens is 1. The number of nitriles is 1. The summed E-state index contributed by atoms with van der Waals surface area (Å²) in [6.07, 6.45) is 6.54. The van der Waals surface area contributed by atoms with Crippen molar-refractivity contribution in [3.05, 3.63) is 17.8 Å². The molecule has 4 heteroatoms. The topological polar surface area (TPSA) is 74.7 Å². The monoisotopic (exact) mass is 230 g/mol. The molecule has 2 rings (SSSR count). The van der Waals surface area contributed by atoms with E-state index in [0.29, 0.717) is 23.1 Å². The summed E-state index contributed by atoms with van der Waals surface area (Å²) < 4.78 is 0. The van der Waals surface area contributed by atoms with Crippen molar-refractivity contribution in [2.45, 2.75) is 38.6 Å². The molecule has 4 nitrogen and oxygen atoms in total. The fraction of sp³-hybridized carbons (Fsp3) is 0.538. The second-order valence-electron chi connectivity index (χ2n) is 4.66. The van der Waals surface area contributed by atoms with E-state index in [0.717, 1.165) is 12.3 Å². The minimum atomic E-state index is 0.409. The van der Waals surface area contributed by atoms with Gasteiger partial charge in [0.1, 0.15) is 6.07 Å². The lowest BCUT2D eigenvalue weighted by molar-refractivity contribution is 0.585. The Hall–Kier alpha value is -1.76. The van der Waals surface area contributed by atoms with Crippen LogP contribution in [0.2, 0.25) is 0 Å². The summed E-state index contributed by atoms with van der Waals surface area (Å²) in [4.78, 5) is 4.22. The van der Waals surface area contributed by atoms with Crippen molar-refractivity contribution >= 4 is 11.5 Å². The number of hydrogen-bond donors (Lipinski definition) is 2. The summed E-state index contributed by atoms with van der Waals surface area (Å²) in [6, 6.07) is 4.12. The normalized spacial score (nSPS) is 16.2. The van der Waals surface area contributed by atoms with Crippen LogP contribution in [0.3, 0.4) is 0 Å². The molecule has 1 aliphatic rings. The van der Waals surface area contributed by atoms with Crippen molar-refractivity contribution in [3.63, 3.8) is 0 Å². The Balaban J connectivity index is 2.08. The lowest BCUT2D eigenvalue weighted by atomic mass is 10.1. The molecule has 1 unspecified atom stereocenters. The van der Waals surface area contributed by atoms with Gasteiger partial charge in [-0.05, 0) is 24.8 Å². The first-order chi connectivity index (χ1) is 8.24. The van der Waals surface area contributed by atoms with Crippen molar-refractivity contribution in [1.82, 2.24) is 4.98 Å². The van der Waals surface area contributed by atoms with Crippen molar-refractivity contribution in [2.75, 3.05) is 11.1 Å². The highest BCUT2D eigenvalue weighted by atomic mass is 15.0. The third-order valence-electron chi connectivity index (χ3n) is 3.26. The molecule has 1 atom stereocenters. The van der Waals surface area contributed by atoms with Gasteiger partial charge in [-0.2, -0.15) is 5.26 Å². The average molecular weight is 230 g/mol. The number of nitrogens with two attached hydrogens (primary N) is 1. The molecule has 1 saturated carbocycles. The molecule has 17 heavy (non-hydrogen) atoms. The van der Waals surface area contributed by atoms with E-state index in [1.54, 1.807) is 12.3 Å². The van der Waals surface area contributed by atoms with Gasteiger partial charge in [-0.25, -0.2) is 4.98 Å². The Morgan fingerprint density at radius 2 is 2.41 bits per heavy atom. The van der Waals surface area contributed by atoms with Crippen LogP contribution in [0.5, 0.6) is 0 Å². The van der Waals surface area contributed by atoms with Gasteiger partial charge >= 0.3 is 0 Å². The first-order valence-corrected chi connectivity index (χ1v) is 6.15. The minimum absolute atomic E-state index is 0.409. The number of nitrogens with one attached hydrogen (secondary N) is 1. The van der Waals surface area contributed by atoms with E-state index in [1.165, 1.54) is 19.3 Å². The van der Waals surface area contributed by atoms with Gasteiger partial charge in [0, 0.05) is 12.2 Å².